The zero-order valence-corrected chi connectivity index (χ0v) is 6.09. The van der Waals surface area contributed by atoms with Crippen LogP contribution in [-0.2, 0) is 47.6 Å². The van der Waals surface area contributed by atoms with Crippen LogP contribution in [0.15, 0.2) is 0 Å². The largest absolute Gasteiger partial charge is 2.00 e. The first kappa shape index (κ1) is 58.2. The molecule has 0 rings (SSSR count). The van der Waals surface area contributed by atoms with Crippen molar-refractivity contribution in [2.24, 2.45) is 0 Å². The van der Waals surface area contributed by atoms with Crippen LogP contribution in [0.3, 0.4) is 0 Å². The third-order valence-electron chi connectivity index (χ3n) is 0. The van der Waals surface area contributed by atoms with Crippen LogP contribution in [0, 0.1) is 0 Å². The molecule has 2 radical (unpaired) electrons. The van der Waals surface area contributed by atoms with E-state index in [0.717, 1.165) is 0 Å². The normalized spacial score (nSPS) is 0. The first-order chi connectivity index (χ1) is 0. The molecular weight excluding hydrogens is 422 g/mol. The molecule has 4 heavy (non-hydrogen) atoms. The Labute approximate surface area is 53.1 Å². The molecule has 0 unspecified atom stereocenters. The molecule has 0 aliphatic carbocycles. The van der Waals surface area contributed by atoms with Crippen molar-refractivity contribution in [3.05, 3.63) is 0 Å². The summed E-state index contributed by atoms with van der Waals surface area (Å²) in [7, 11) is 0. The summed E-state index contributed by atoms with van der Waals surface area (Å²) in [6.07, 6.45) is 0. The van der Waals surface area contributed by atoms with Gasteiger partial charge in [0.1, 0.15) is 0 Å². The SMILES string of the molecule is O.[O-2].[Pt+].[Pt+]. The summed E-state index contributed by atoms with van der Waals surface area (Å²) in [4.78, 5) is 0. The van der Waals surface area contributed by atoms with E-state index in [9.17, 15) is 0 Å². The molecule has 0 amide bonds. The summed E-state index contributed by atoms with van der Waals surface area (Å²) in [5, 5.41) is 0. The Morgan fingerprint density at radius 1 is 0.750 bits per heavy atom. The summed E-state index contributed by atoms with van der Waals surface area (Å²) in [6.45, 7) is 0. The van der Waals surface area contributed by atoms with Gasteiger partial charge in [-0.3, -0.25) is 0 Å². The Morgan fingerprint density at radius 3 is 0.750 bits per heavy atom. The van der Waals surface area contributed by atoms with Crippen molar-refractivity contribution < 1.29 is 53.1 Å². The van der Waals surface area contributed by atoms with Gasteiger partial charge < -0.3 is 11.0 Å². The smallest absolute Gasteiger partial charge is 1.00 e. The molecule has 0 bridgehead atoms. The van der Waals surface area contributed by atoms with E-state index in [1.165, 1.54) is 0 Å². The molecular formula is H2O2Pt2. The zero-order valence-electron chi connectivity index (χ0n) is 1.54. The average Bonchev–Trinajstić information content (AvgIpc) is 0. The van der Waals surface area contributed by atoms with Crippen LogP contribution >= 0.6 is 0 Å². The minimum Gasteiger partial charge on any atom is -2.00 e. The molecule has 0 aliphatic rings. The average molecular weight is 424 g/mol. The van der Waals surface area contributed by atoms with Crippen molar-refractivity contribution in [2.75, 3.05) is 0 Å². The molecule has 0 spiro atoms. The minimum absolute atomic E-state index is 0. The van der Waals surface area contributed by atoms with Crippen molar-refractivity contribution in [1.82, 2.24) is 0 Å². The molecule has 0 saturated carbocycles. The van der Waals surface area contributed by atoms with E-state index in [-0.39, 0.29) is 53.1 Å². The minimum atomic E-state index is 0. The maximum atomic E-state index is 0. The summed E-state index contributed by atoms with van der Waals surface area (Å²) < 4.78 is 0. The molecule has 2 nitrogen and oxygen atoms in total. The second kappa shape index (κ2) is 27.8. The predicted octanol–water partition coefficient (Wildman–Crippen LogP) is -0.949. The Balaban J connectivity index is 0. The van der Waals surface area contributed by atoms with Crippen LogP contribution in [0.5, 0.6) is 0 Å². The van der Waals surface area contributed by atoms with Crippen molar-refractivity contribution in [1.29, 1.82) is 0 Å². The van der Waals surface area contributed by atoms with Crippen LogP contribution < -0.4 is 0 Å². The molecule has 4 heteroatoms. The summed E-state index contributed by atoms with van der Waals surface area (Å²) >= 11 is 0. The number of hydrogen-bond acceptors (Lipinski definition) is 0. The van der Waals surface area contributed by atoms with Gasteiger partial charge in [0.25, 0.3) is 0 Å². The van der Waals surface area contributed by atoms with Crippen molar-refractivity contribution in [2.45, 2.75) is 0 Å². The van der Waals surface area contributed by atoms with Crippen LogP contribution in [-0.4, -0.2) is 5.48 Å². The summed E-state index contributed by atoms with van der Waals surface area (Å²) in [6, 6.07) is 0. The van der Waals surface area contributed by atoms with E-state index >= 15 is 0 Å². The van der Waals surface area contributed by atoms with Gasteiger partial charge in [-0.05, 0) is 0 Å². The van der Waals surface area contributed by atoms with Gasteiger partial charge >= 0.3 is 42.1 Å². The van der Waals surface area contributed by atoms with Crippen LogP contribution in [0.2, 0.25) is 0 Å². The van der Waals surface area contributed by atoms with E-state index in [1.54, 1.807) is 0 Å². The van der Waals surface area contributed by atoms with Crippen molar-refractivity contribution in [3.63, 3.8) is 0 Å². The van der Waals surface area contributed by atoms with E-state index in [1.807, 2.05) is 0 Å². The second-order valence-corrected chi connectivity index (χ2v) is 0. The maximum Gasteiger partial charge on any atom is 1.00 e. The van der Waals surface area contributed by atoms with Crippen molar-refractivity contribution >= 4 is 0 Å². The van der Waals surface area contributed by atoms with Gasteiger partial charge in [-0.15, -0.1) is 0 Å². The maximum absolute atomic E-state index is 0. The van der Waals surface area contributed by atoms with E-state index in [0.29, 0.717) is 0 Å². The monoisotopic (exact) mass is 424 g/mol. The third kappa shape index (κ3) is 10.3. The molecule has 0 heterocycles. The first-order valence-corrected chi connectivity index (χ1v) is 0. The fourth-order valence-corrected chi connectivity index (χ4v) is 0. The predicted molar refractivity (Wildman–Crippen MR) is 4.30 cm³/mol. The van der Waals surface area contributed by atoms with Gasteiger partial charge in [-0.25, -0.2) is 0 Å². The topological polar surface area (TPSA) is 60.0 Å². The van der Waals surface area contributed by atoms with Gasteiger partial charge in [-0.2, -0.15) is 0 Å². The summed E-state index contributed by atoms with van der Waals surface area (Å²) in [5.41, 5.74) is 0. The van der Waals surface area contributed by atoms with E-state index in [2.05, 4.69) is 0 Å². The molecule has 0 aliphatic heterocycles. The Kier molecular flexibility index (Phi) is 404. The Bertz CT molecular complexity index is 4.00. The van der Waals surface area contributed by atoms with Gasteiger partial charge in [0.05, 0.1) is 0 Å². The second-order valence-electron chi connectivity index (χ2n) is 0. The van der Waals surface area contributed by atoms with E-state index in [4.69, 9.17) is 0 Å². The van der Waals surface area contributed by atoms with Gasteiger partial charge in [0.2, 0.25) is 0 Å². The number of hydrogen-bond donors (Lipinski definition) is 0. The standard InChI is InChI=1S/H2O.O.2Pt/h1H2;;;/q;-2;2*+1. The first-order valence-electron chi connectivity index (χ1n) is 0. The van der Waals surface area contributed by atoms with Crippen molar-refractivity contribution in [3.8, 4) is 0 Å². The zero-order chi connectivity index (χ0) is 0. The van der Waals surface area contributed by atoms with Gasteiger partial charge in [-0.1, -0.05) is 0 Å². The van der Waals surface area contributed by atoms with Crippen LogP contribution in [0.4, 0.5) is 0 Å². The molecule has 0 saturated heterocycles. The van der Waals surface area contributed by atoms with E-state index < -0.39 is 0 Å². The molecule has 2 N–H and O–H groups in total. The molecule has 0 aromatic rings. The fourth-order valence-electron chi connectivity index (χ4n) is 0. The fraction of sp³-hybridized carbons (Fsp3) is 0. The molecule has 0 atom stereocenters. The summed E-state index contributed by atoms with van der Waals surface area (Å²) in [5.74, 6) is 0. The quantitative estimate of drug-likeness (QED) is 0.482. The molecule has 0 aromatic heterocycles. The van der Waals surface area contributed by atoms with Crippen LogP contribution in [0.1, 0.15) is 0 Å². The molecule has 34 valence electrons. The Morgan fingerprint density at radius 2 is 0.750 bits per heavy atom. The molecule has 0 fully saturated rings. The number of rotatable bonds is 0. The third-order valence-corrected chi connectivity index (χ3v) is 0. The molecule has 0 aromatic carbocycles. The van der Waals surface area contributed by atoms with Crippen LogP contribution in [0.25, 0.3) is 0 Å². The Hall–Kier alpha value is 1.30. The van der Waals surface area contributed by atoms with Gasteiger partial charge in [0, 0.05) is 0 Å². The van der Waals surface area contributed by atoms with Gasteiger partial charge in [0.15, 0.2) is 0 Å².